The number of hydrogen-bond acceptors (Lipinski definition) is 3. The van der Waals surface area contributed by atoms with Crippen molar-refractivity contribution < 1.29 is 14.7 Å². The number of carbonyl (C=O) groups is 2. The molecular formula is C15H23N3O3. The van der Waals surface area contributed by atoms with E-state index in [1.807, 2.05) is 0 Å². The molecule has 1 aromatic rings. The van der Waals surface area contributed by atoms with Crippen LogP contribution in [-0.2, 0) is 11.3 Å². The summed E-state index contributed by atoms with van der Waals surface area (Å²) in [5.74, 6) is -0.619. The Bertz CT molecular complexity index is 490. The third kappa shape index (κ3) is 4.32. The Morgan fingerprint density at radius 2 is 2.10 bits per heavy atom. The molecule has 6 heteroatoms. The van der Waals surface area contributed by atoms with Gasteiger partial charge in [0.1, 0.15) is 12.2 Å². The maximum absolute atomic E-state index is 11.9. The highest BCUT2D eigenvalue weighted by Gasteiger charge is 2.19. The van der Waals surface area contributed by atoms with Gasteiger partial charge < -0.3 is 19.9 Å². The van der Waals surface area contributed by atoms with Crippen LogP contribution < -0.4 is 5.32 Å². The van der Waals surface area contributed by atoms with Gasteiger partial charge in [0.25, 0.3) is 0 Å². The molecule has 1 saturated heterocycles. The van der Waals surface area contributed by atoms with E-state index in [0.717, 1.165) is 32.5 Å². The lowest BCUT2D eigenvalue weighted by molar-refractivity contribution is -0.121. The van der Waals surface area contributed by atoms with Crippen LogP contribution in [0.2, 0.25) is 0 Å². The highest BCUT2D eigenvalue weighted by molar-refractivity contribution is 5.86. The molecular weight excluding hydrogens is 270 g/mol. The topological polar surface area (TPSA) is 74.6 Å². The monoisotopic (exact) mass is 293 g/mol. The largest absolute Gasteiger partial charge is 0.477 e. The van der Waals surface area contributed by atoms with Crippen molar-refractivity contribution in [3.8, 4) is 0 Å². The first-order valence-electron chi connectivity index (χ1n) is 7.47. The predicted molar refractivity (Wildman–Crippen MR) is 79.2 cm³/mol. The SMILES string of the molecule is CCN1CCC(CNC(=O)Cn2cccc2C(=O)O)CC1. The van der Waals surface area contributed by atoms with E-state index in [2.05, 4.69) is 17.1 Å². The summed E-state index contributed by atoms with van der Waals surface area (Å²) in [5, 5.41) is 11.9. The van der Waals surface area contributed by atoms with E-state index in [4.69, 9.17) is 5.11 Å². The smallest absolute Gasteiger partial charge is 0.352 e. The summed E-state index contributed by atoms with van der Waals surface area (Å²) in [6, 6.07) is 3.13. The molecule has 1 aromatic heterocycles. The summed E-state index contributed by atoms with van der Waals surface area (Å²) in [6.07, 6.45) is 3.83. The summed E-state index contributed by atoms with van der Waals surface area (Å²) >= 11 is 0. The molecule has 0 aliphatic carbocycles. The van der Waals surface area contributed by atoms with E-state index < -0.39 is 5.97 Å². The first-order chi connectivity index (χ1) is 10.1. The lowest BCUT2D eigenvalue weighted by atomic mass is 9.97. The Labute approximate surface area is 124 Å². The van der Waals surface area contributed by atoms with Gasteiger partial charge in [-0.1, -0.05) is 6.92 Å². The van der Waals surface area contributed by atoms with E-state index in [0.29, 0.717) is 12.5 Å². The minimum Gasteiger partial charge on any atom is -0.477 e. The first-order valence-corrected chi connectivity index (χ1v) is 7.47. The maximum atomic E-state index is 11.9. The molecule has 6 nitrogen and oxygen atoms in total. The van der Waals surface area contributed by atoms with Crippen LogP contribution in [0.3, 0.4) is 0 Å². The van der Waals surface area contributed by atoms with Crippen LogP contribution in [0.5, 0.6) is 0 Å². The van der Waals surface area contributed by atoms with Gasteiger partial charge in [0.15, 0.2) is 0 Å². The van der Waals surface area contributed by atoms with Crippen molar-refractivity contribution in [1.82, 2.24) is 14.8 Å². The van der Waals surface area contributed by atoms with Crippen molar-refractivity contribution in [1.29, 1.82) is 0 Å². The Kier molecular flexibility index (Phi) is 5.38. The summed E-state index contributed by atoms with van der Waals surface area (Å²) in [5.41, 5.74) is 0.140. The fourth-order valence-corrected chi connectivity index (χ4v) is 2.72. The summed E-state index contributed by atoms with van der Waals surface area (Å²) in [7, 11) is 0. The summed E-state index contributed by atoms with van der Waals surface area (Å²) in [6.45, 7) is 6.18. The van der Waals surface area contributed by atoms with Crippen LogP contribution in [0.4, 0.5) is 0 Å². The van der Waals surface area contributed by atoms with Crippen LogP contribution in [0.15, 0.2) is 18.3 Å². The van der Waals surface area contributed by atoms with Gasteiger partial charge >= 0.3 is 5.97 Å². The number of likely N-dealkylation sites (tertiary alicyclic amines) is 1. The standard InChI is InChI=1S/C15H23N3O3/c1-2-17-8-5-12(6-9-17)10-16-14(19)11-18-7-3-4-13(18)15(20)21/h3-4,7,12H,2,5-6,8-11H2,1H3,(H,16,19)(H,20,21). The van der Waals surface area contributed by atoms with Crippen molar-refractivity contribution in [2.75, 3.05) is 26.2 Å². The van der Waals surface area contributed by atoms with Crippen LogP contribution >= 0.6 is 0 Å². The number of aromatic carboxylic acids is 1. The van der Waals surface area contributed by atoms with Gasteiger partial charge in [0, 0.05) is 12.7 Å². The molecule has 0 saturated carbocycles. The second-order valence-corrected chi connectivity index (χ2v) is 5.51. The Balaban J connectivity index is 1.75. The molecule has 1 amide bonds. The zero-order valence-electron chi connectivity index (χ0n) is 12.4. The zero-order valence-corrected chi connectivity index (χ0v) is 12.4. The molecule has 1 fully saturated rings. The van der Waals surface area contributed by atoms with E-state index in [9.17, 15) is 9.59 Å². The Morgan fingerprint density at radius 3 is 2.71 bits per heavy atom. The maximum Gasteiger partial charge on any atom is 0.352 e. The molecule has 0 bridgehead atoms. The van der Waals surface area contributed by atoms with Crippen LogP contribution in [0.25, 0.3) is 0 Å². The average Bonchev–Trinajstić information content (AvgIpc) is 2.94. The molecule has 1 aliphatic heterocycles. The van der Waals surface area contributed by atoms with Crippen molar-refractivity contribution >= 4 is 11.9 Å². The first kappa shape index (κ1) is 15.6. The number of carbonyl (C=O) groups excluding carboxylic acids is 1. The number of nitrogens with zero attached hydrogens (tertiary/aromatic N) is 2. The quantitative estimate of drug-likeness (QED) is 0.821. The lowest BCUT2D eigenvalue weighted by Crippen LogP contribution is -2.39. The third-order valence-electron chi connectivity index (χ3n) is 4.10. The molecule has 0 spiro atoms. The third-order valence-corrected chi connectivity index (χ3v) is 4.10. The summed E-state index contributed by atoms with van der Waals surface area (Å²) < 4.78 is 1.46. The van der Waals surface area contributed by atoms with Crippen LogP contribution in [0, 0.1) is 5.92 Å². The van der Waals surface area contributed by atoms with E-state index >= 15 is 0 Å². The highest BCUT2D eigenvalue weighted by atomic mass is 16.4. The van der Waals surface area contributed by atoms with Crippen LogP contribution in [0.1, 0.15) is 30.3 Å². The normalized spacial score (nSPS) is 16.8. The number of nitrogens with one attached hydrogen (secondary N) is 1. The molecule has 0 atom stereocenters. The van der Waals surface area contributed by atoms with Crippen molar-refractivity contribution in [2.45, 2.75) is 26.3 Å². The molecule has 1 aliphatic rings. The van der Waals surface area contributed by atoms with Gasteiger partial charge in [0.05, 0.1) is 0 Å². The van der Waals surface area contributed by atoms with E-state index in [-0.39, 0.29) is 18.1 Å². The lowest BCUT2D eigenvalue weighted by Gasteiger charge is -2.31. The fraction of sp³-hybridized carbons (Fsp3) is 0.600. The van der Waals surface area contributed by atoms with Gasteiger partial charge in [-0.25, -0.2) is 4.79 Å². The number of aromatic nitrogens is 1. The molecule has 0 aromatic carbocycles. The number of amides is 1. The number of carboxylic acid groups (broad SMARTS) is 1. The Hall–Kier alpha value is -1.82. The number of hydrogen-bond donors (Lipinski definition) is 2. The van der Waals surface area contributed by atoms with Gasteiger partial charge in [0.2, 0.25) is 5.91 Å². The summed E-state index contributed by atoms with van der Waals surface area (Å²) in [4.78, 5) is 25.3. The number of carboxylic acids is 1. The molecule has 0 radical (unpaired) electrons. The van der Waals surface area contributed by atoms with Gasteiger partial charge in [-0.05, 0) is 50.5 Å². The van der Waals surface area contributed by atoms with Crippen molar-refractivity contribution in [2.24, 2.45) is 5.92 Å². The average molecular weight is 293 g/mol. The van der Waals surface area contributed by atoms with E-state index in [1.165, 1.54) is 10.6 Å². The molecule has 2 rings (SSSR count). The molecule has 2 heterocycles. The minimum atomic E-state index is -1.01. The zero-order chi connectivity index (χ0) is 15.2. The van der Waals surface area contributed by atoms with Crippen molar-refractivity contribution in [3.05, 3.63) is 24.0 Å². The molecule has 116 valence electrons. The minimum absolute atomic E-state index is 0.0580. The molecule has 21 heavy (non-hydrogen) atoms. The van der Waals surface area contributed by atoms with Gasteiger partial charge in [-0.2, -0.15) is 0 Å². The van der Waals surface area contributed by atoms with Gasteiger partial charge in [-0.15, -0.1) is 0 Å². The molecule has 2 N–H and O–H groups in total. The van der Waals surface area contributed by atoms with Crippen molar-refractivity contribution in [3.63, 3.8) is 0 Å². The Morgan fingerprint density at radius 1 is 1.38 bits per heavy atom. The molecule has 0 unspecified atom stereocenters. The highest BCUT2D eigenvalue weighted by Crippen LogP contribution is 2.15. The number of piperidine rings is 1. The second kappa shape index (κ2) is 7.26. The van der Waals surface area contributed by atoms with E-state index in [1.54, 1.807) is 12.3 Å². The van der Waals surface area contributed by atoms with Crippen LogP contribution in [-0.4, -0.2) is 52.6 Å². The second-order valence-electron chi connectivity index (χ2n) is 5.51. The number of rotatable bonds is 6. The fourth-order valence-electron chi connectivity index (χ4n) is 2.72. The van der Waals surface area contributed by atoms with Gasteiger partial charge in [-0.3, -0.25) is 4.79 Å². The predicted octanol–water partition coefficient (Wildman–Crippen LogP) is 1.03.